The lowest BCUT2D eigenvalue weighted by Crippen LogP contribution is -2.41. The molecule has 0 saturated carbocycles. The number of fused-ring (bicyclic) bond motifs is 1. The van der Waals surface area contributed by atoms with E-state index in [1.54, 1.807) is 12.1 Å². The van der Waals surface area contributed by atoms with Crippen molar-refractivity contribution in [2.75, 3.05) is 0 Å². The first kappa shape index (κ1) is 16.1. The third-order valence-electron chi connectivity index (χ3n) is 4.42. The average Bonchev–Trinajstić information content (AvgIpc) is 2.66. The highest BCUT2D eigenvalue weighted by Gasteiger charge is 2.51. The molecule has 23 heavy (non-hydrogen) atoms. The minimum atomic E-state index is -2.89. The van der Waals surface area contributed by atoms with E-state index >= 15 is 0 Å². The molecule has 0 aliphatic carbocycles. The van der Waals surface area contributed by atoms with Crippen LogP contribution < -0.4 is 10.2 Å². The fraction of sp³-hybridized carbons (Fsp3) is 0.438. The van der Waals surface area contributed by atoms with Gasteiger partial charge >= 0.3 is 13.7 Å². The molecular formula is C16H18BF2NO3. The zero-order valence-electron chi connectivity index (χ0n) is 13.5. The van der Waals surface area contributed by atoms with Gasteiger partial charge in [0.25, 0.3) is 0 Å². The maximum absolute atomic E-state index is 12.2. The van der Waals surface area contributed by atoms with Crippen molar-refractivity contribution in [1.82, 2.24) is 4.98 Å². The van der Waals surface area contributed by atoms with Crippen LogP contribution in [0.25, 0.3) is 10.9 Å². The Morgan fingerprint density at radius 1 is 1.04 bits per heavy atom. The van der Waals surface area contributed by atoms with Crippen molar-refractivity contribution in [3.8, 4) is 5.88 Å². The van der Waals surface area contributed by atoms with Gasteiger partial charge in [0.2, 0.25) is 5.88 Å². The fourth-order valence-corrected chi connectivity index (χ4v) is 2.41. The second-order valence-corrected chi connectivity index (χ2v) is 6.57. The van der Waals surface area contributed by atoms with Crippen molar-refractivity contribution in [2.45, 2.75) is 45.5 Å². The van der Waals surface area contributed by atoms with Crippen LogP contribution in [0.3, 0.4) is 0 Å². The predicted molar refractivity (Wildman–Crippen MR) is 84.1 cm³/mol. The van der Waals surface area contributed by atoms with E-state index in [1.807, 2.05) is 39.8 Å². The normalized spacial score (nSPS) is 19.5. The molecule has 1 aromatic carbocycles. The number of alkyl halides is 2. The molecule has 0 N–H and O–H groups in total. The van der Waals surface area contributed by atoms with Gasteiger partial charge in [0.15, 0.2) is 0 Å². The molecule has 1 saturated heterocycles. The summed E-state index contributed by atoms with van der Waals surface area (Å²) in [7, 11) is -0.471. The molecule has 0 radical (unpaired) electrons. The number of pyridine rings is 1. The van der Waals surface area contributed by atoms with Crippen LogP contribution >= 0.6 is 0 Å². The molecule has 7 heteroatoms. The van der Waals surface area contributed by atoms with Crippen LogP contribution in [0.15, 0.2) is 30.3 Å². The van der Waals surface area contributed by atoms with E-state index in [9.17, 15) is 8.78 Å². The lowest BCUT2D eigenvalue weighted by molar-refractivity contribution is -0.0526. The van der Waals surface area contributed by atoms with Crippen molar-refractivity contribution in [3.05, 3.63) is 30.3 Å². The second kappa shape index (κ2) is 5.42. The smallest absolute Gasteiger partial charge is 0.417 e. The van der Waals surface area contributed by atoms with E-state index in [4.69, 9.17) is 9.31 Å². The van der Waals surface area contributed by atoms with Crippen LogP contribution in [-0.4, -0.2) is 29.9 Å². The summed E-state index contributed by atoms with van der Waals surface area (Å²) in [4.78, 5) is 4.06. The number of hydrogen-bond donors (Lipinski definition) is 0. The minimum absolute atomic E-state index is 0.101. The summed E-state index contributed by atoms with van der Waals surface area (Å²) in [6, 6.07) is 8.56. The van der Waals surface area contributed by atoms with Crippen LogP contribution in [-0.2, 0) is 9.31 Å². The molecule has 0 unspecified atom stereocenters. The van der Waals surface area contributed by atoms with Gasteiger partial charge in [-0.3, -0.25) is 0 Å². The first-order chi connectivity index (χ1) is 10.7. The minimum Gasteiger partial charge on any atom is -0.417 e. The van der Waals surface area contributed by atoms with Gasteiger partial charge in [0.05, 0.1) is 16.7 Å². The van der Waals surface area contributed by atoms with Crippen molar-refractivity contribution < 1.29 is 22.8 Å². The quantitative estimate of drug-likeness (QED) is 0.815. The van der Waals surface area contributed by atoms with Crippen LogP contribution in [0.4, 0.5) is 8.78 Å². The largest absolute Gasteiger partial charge is 0.494 e. The second-order valence-electron chi connectivity index (χ2n) is 6.57. The van der Waals surface area contributed by atoms with Gasteiger partial charge in [0.1, 0.15) is 0 Å². The van der Waals surface area contributed by atoms with E-state index in [0.717, 1.165) is 10.8 Å². The number of benzene rings is 1. The number of rotatable bonds is 3. The summed E-state index contributed by atoms with van der Waals surface area (Å²) >= 11 is 0. The van der Waals surface area contributed by atoms with E-state index < -0.39 is 24.9 Å². The Labute approximate surface area is 133 Å². The summed E-state index contributed by atoms with van der Waals surface area (Å²) < 4.78 is 40.8. The number of aromatic nitrogens is 1. The molecule has 1 aliphatic heterocycles. The lowest BCUT2D eigenvalue weighted by Gasteiger charge is -2.32. The van der Waals surface area contributed by atoms with E-state index in [1.165, 1.54) is 6.07 Å². The van der Waals surface area contributed by atoms with Gasteiger partial charge in [-0.25, -0.2) is 4.98 Å². The highest BCUT2D eigenvalue weighted by atomic mass is 19.3. The Morgan fingerprint density at radius 3 is 2.30 bits per heavy atom. The first-order valence-corrected chi connectivity index (χ1v) is 7.39. The monoisotopic (exact) mass is 321 g/mol. The average molecular weight is 321 g/mol. The molecule has 0 spiro atoms. The Balaban J connectivity index is 1.90. The molecule has 2 heterocycles. The van der Waals surface area contributed by atoms with Gasteiger partial charge in [-0.1, -0.05) is 12.1 Å². The standard InChI is InChI=1S/C16H18BF2NO3/c1-15(2)16(3,4)23-17(22-15)11-6-7-12-10(9-11)5-8-13(20-12)21-14(18)19/h5-9,14H,1-4H3. The molecule has 4 nitrogen and oxygen atoms in total. The summed E-state index contributed by atoms with van der Waals surface area (Å²) in [6.07, 6.45) is 0. The number of hydrogen-bond acceptors (Lipinski definition) is 4. The molecule has 0 atom stereocenters. The van der Waals surface area contributed by atoms with Crippen molar-refractivity contribution in [1.29, 1.82) is 0 Å². The van der Waals surface area contributed by atoms with Crippen molar-refractivity contribution >= 4 is 23.5 Å². The molecule has 122 valence electrons. The Kier molecular flexibility index (Phi) is 3.81. The lowest BCUT2D eigenvalue weighted by atomic mass is 9.78. The van der Waals surface area contributed by atoms with Gasteiger partial charge in [-0.15, -0.1) is 0 Å². The third kappa shape index (κ3) is 3.03. The zero-order valence-corrected chi connectivity index (χ0v) is 13.5. The van der Waals surface area contributed by atoms with Gasteiger partial charge in [0, 0.05) is 11.5 Å². The maximum Gasteiger partial charge on any atom is 0.494 e. The molecule has 0 amide bonds. The van der Waals surface area contributed by atoms with E-state index in [-0.39, 0.29) is 5.88 Å². The first-order valence-electron chi connectivity index (χ1n) is 7.39. The number of halogens is 2. The van der Waals surface area contributed by atoms with E-state index in [2.05, 4.69) is 9.72 Å². The third-order valence-corrected chi connectivity index (χ3v) is 4.42. The van der Waals surface area contributed by atoms with Crippen molar-refractivity contribution in [3.63, 3.8) is 0 Å². The highest BCUT2D eigenvalue weighted by molar-refractivity contribution is 6.62. The van der Waals surface area contributed by atoms with Gasteiger partial charge in [-0.2, -0.15) is 8.78 Å². The molecule has 1 aromatic heterocycles. The van der Waals surface area contributed by atoms with Gasteiger partial charge in [-0.05, 0) is 45.3 Å². The Bertz CT molecular complexity index is 720. The molecule has 2 aromatic rings. The van der Waals surface area contributed by atoms with Crippen molar-refractivity contribution in [2.24, 2.45) is 0 Å². The zero-order chi connectivity index (χ0) is 16.8. The molecule has 0 bridgehead atoms. The number of nitrogens with zero attached hydrogens (tertiary/aromatic N) is 1. The summed E-state index contributed by atoms with van der Waals surface area (Å²) in [5, 5.41) is 0.804. The van der Waals surface area contributed by atoms with E-state index in [0.29, 0.717) is 5.52 Å². The number of ether oxygens (including phenoxy) is 1. The maximum atomic E-state index is 12.2. The highest BCUT2D eigenvalue weighted by Crippen LogP contribution is 2.36. The summed E-state index contributed by atoms with van der Waals surface area (Å²) in [6.45, 7) is 5.07. The SMILES string of the molecule is CC1(C)OB(c2ccc3nc(OC(F)F)ccc3c2)OC1(C)C. The van der Waals surface area contributed by atoms with Crippen LogP contribution in [0.1, 0.15) is 27.7 Å². The molecule has 1 aliphatic rings. The Morgan fingerprint density at radius 2 is 1.70 bits per heavy atom. The Hall–Kier alpha value is -1.73. The van der Waals surface area contributed by atoms with Gasteiger partial charge < -0.3 is 14.0 Å². The fourth-order valence-electron chi connectivity index (χ4n) is 2.41. The molecule has 1 fully saturated rings. The summed E-state index contributed by atoms with van der Waals surface area (Å²) in [5.74, 6) is -0.101. The predicted octanol–water partition coefficient (Wildman–Crippen LogP) is 3.14. The summed E-state index contributed by atoms with van der Waals surface area (Å²) in [5.41, 5.74) is 0.601. The molecular weight excluding hydrogens is 303 g/mol. The molecule has 3 rings (SSSR count). The van der Waals surface area contributed by atoms with Crippen LogP contribution in [0.2, 0.25) is 0 Å². The van der Waals surface area contributed by atoms with Crippen LogP contribution in [0.5, 0.6) is 5.88 Å². The topological polar surface area (TPSA) is 40.6 Å². The van der Waals surface area contributed by atoms with Crippen LogP contribution in [0, 0.1) is 0 Å².